The first-order chi connectivity index (χ1) is 55.5. The summed E-state index contributed by atoms with van der Waals surface area (Å²) in [6.07, 6.45) is 54.3. The Morgan fingerprint density at radius 2 is 0.383 bits per heavy atom. The van der Waals surface area contributed by atoms with E-state index in [0.29, 0.717) is 78.3 Å². The molecule has 0 radical (unpaired) electrons. The molecular weight excluding hydrogens is 1730 g/mol. The molecule has 0 N–H and O–H groups in total. The van der Waals surface area contributed by atoms with Crippen LogP contribution in [0.2, 0.25) is 25.1 Å². The van der Waals surface area contributed by atoms with Crippen molar-refractivity contribution in [3.8, 4) is 28.7 Å². The van der Waals surface area contributed by atoms with Gasteiger partial charge in [0.1, 0.15) is 28.7 Å². The first-order valence-electron chi connectivity index (χ1n) is 44.0. The highest BCUT2D eigenvalue weighted by molar-refractivity contribution is 7.81. The highest BCUT2D eigenvalue weighted by Crippen LogP contribution is 2.41. The van der Waals surface area contributed by atoms with E-state index in [1.807, 2.05) is 0 Å². The molecule has 5 fully saturated rings. The molecule has 25 heteroatoms. The molecule has 680 valence electrons. The molecule has 0 spiro atoms. The summed E-state index contributed by atoms with van der Waals surface area (Å²) in [4.78, 5) is 64.9. The molecule has 10 rings (SSSR count). The van der Waals surface area contributed by atoms with Crippen LogP contribution >= 0.6 is 121 Å². The number of hydrogen-bond acceptors (Lipinski definition) is 15. The summed E-state index contributed by atoms with van der Waals surface area (Å²) in [6, 6.07) is 25.7. The number of hydrogen-bond donors (Lipinski definition) is 5. The largest absolute Gasteiger partial charge is 0.426 e. The van der Waals surface area contributed by atoms with Crippen LogP contribution in [0.1, 0.15) is 324 Å². The molecule has 120 heavy (non-hydrogen) atoms. The predicted molar refractivity (Wildman–Crippen MR) is 505 cm³/mol. The normalized spacial score (nSPS) is 20.3. The van der Waals surface area contributed by atoms with Crippen molar-refractivity contribution in [2.24, 2.45) is 59.2 Å². The fourth-order valence-corrected chi connectivity index (χ4v) is 18.0. The molecular formula is C95H140Cl5F5O10S5. The van der Waals surface area contributed by atoms with Crippen LogP contribution in [-0.4, -0.2) is 29.8 Å². The van der Waals surface area contributed by atoms with Crippen molar-refractivity contribution in [2.45, 2.75) is 348 Å². The minimum Gasteiger partial charge on any atom is -0.426 e. The molecule has 0 aliphatic heterocycles. The van der Waals surface area contributed by atoms with Gasteiger partial charge < -0.3 is 23.7 Å². The third-order valence-electron chi connectivity index (χ3n) is 23.9. The Labute approximate surface area is 768 Å². The Hall–Kier alpha value is -3.70. The van der Waals surface area contributed by atoms with Gasteiger partial charge >= 0.3 is 29.8 Å². The maximum Gasteiger partial charge on any atom is 0.314 e. The van der Waals surface area contributed by atoms with E-state index < -0.39 is 0 Å². The summed E-state index contributed by atoms with van der Waals surface area (Å²) in [6.45, 7) is 11.2. The SMILES string of the molecule is CCCCCCC1CCC(C(=O)Oc2ccc(S)c(Cl)c2)CC1.CCCCCCC1CCC(C(=O)Oc2ccc(S)c(Cl)c2)CC1.CCCCCCC1CCC(C(=O)Oc2ccc(S)c(Cl)c2)CC1.CCCCCCC1CCC(C(=O)Oc2ccc(S)c(Cl)c2)CC1.CCCCCCC1CCC(C(=O)Oc2ccc(S)c(Cl)c2)CC1.F.F.F.F.F. The van der Waals surface area contributed by atoms with E-state index >= 15 is 0 Å². The number of carbonyl (C=O) groups excluding carboxylic acids is 5. The second kappa shape index (κ2) is 65.8. The number of rotatable bonds is 35. The number of thiol groups is 5. The zero-order valence-electron chi connectivity index (χ0n) is 71.5. The van der Waals surface area contributed by atoms with Crippen molar-refractivity contribution < 1.29 is 71.2 Å². The van der Waals surface area contributed by atoms with Gasteiger partial charge in [0.05, 0.1) is 54.7 Å². The van der Waals surface area contributed by atoms with Crippen molar-refractivity contribution in [2.75, 3.05) is 0 Å². The first-order valence-corrected chi connectivity index (χ1v) is 48.1. The first kappa shape index (κ1) is 114. The Kier molecular flexibility index (Phi) is 62.7. The average molecular weight is 1870 g/mol. The summed E-state index contributed by atoms with van der Waals surface area (Å²) < 4.78 is 27.4. The smallest absolute Gasteiger partial charge is 0.314 e. The Balaban J connectivity index is 0.000000742. The number of benzene rings is 5. The van der Waals surface area contributed by atoms with Crippen LogP contribution in [0.25, 0.3) is 0 Å². The minimum absolute atomic E-state index is 0. The molecule has 0 aromatic heterocycles. The van der Waals surface area contributed by atoms with Gasteiger partial charge in [0.15, 0.2) is 0 Å². The lowest BCUT2D eigenvalue weighted by atomic mass is 9.80. The molecule has 0 atom stereocenters. The van der Waals surface area contributed by atoms with Gasteiger partial charge in [-0.1, -0.05) is 253 Å². The molecule has 0 amide bonds. The molecule has 5 aromatic carbocycles. The zero-order valence-corrected chi connectivity index (χ0v) is 79.8. The second-order valence-electron chi connectivity index (χ2n) is 33.0. The van der Waals surface area contributed by atoms with Gasteiger partial charge in [-0.05, 0) is 219 Å². The predicted octanol–water partition coefficient (Wildman–Crippen LogP) is 32.3. The quantitative estimate of drug-likeness (QED) is 0.00879. The summed E-state index contributed by atoms with van der Waals surface area (Å²) in [5.41, 5.74) is 0. The lowest BCUT2D eigenvalue weighted by molar-refractivity contribution is -0.141. The molecule has 0 unspecified atom stereocenters. The van der Waals surface area contributed by atoms with Gasteiger partial charge in [0.25, 0.3) is 0 Å². The average Bonchev–Trinajstić information content (AvgIpc) is 0.872. The van der Waals surface area contributed by atoms with E-state index in [-0.39, 0.29) is 83.0 Å². The van der Waals surface area contributed by atoms with E-state index in [0.717, 1.165) is 158 Å². The van der Waals surface area contributed by atoms with Crippen molar-refractivity contribution in [1.82, 2.24) is 0 Å². The third-order valence-corrected chi connectivity index (χ3v) is 28.1. The molecule has 10 nitrogen and oxygen atoms in total. The summed E-state index contributed by atoms with van der Waals surface area (Å²) in [5, 5.41) is 2.54. The van der Waals surface area contributed by atoms with E-state index in [2.05, 4.69) is 97.8 Å². The number of unbranched alkanes of at least 4 members (excludes halogenated alkanes) is 15. The Bertz CT molecular complexity index is 3120. The zero-order chi connectivity index (χ0) is 83.3. The van der Waals surface area contributed by atoms with Crippen LogP contribution in [-0.2, 0) is 24.0 Å². The monoisotopic (exact) mass is 1870 g/mol. The van der Waals surface area contributed by atoms with Crippen LogP contribution < -0.4 is 23.7 Å². The number of esters is 5. The van der Waals surface area contributed by atoms with E-state index in [1.165, 1.54) is 161 Å². The van der Waals surface area contributed by atoms with Crippen LogP contribution in [0.3, 0.4) is 0 Å². The van der Waals surface area contributed by atoms with Crippen molar-refractivity contribution >= 4 is 151 Å². The molecule has 0 bridgehead atoms. The Morgan fingerprint density at radius 1 is 0.242 bits per heavy atom. The van der Waals surface area contributed by atoms with Gasteiger partial charge in [-0.15, -0.1) is 63.1 Å². The molecule has 5 aliphatic carbocycles. The number of ether oxygens (including phenoxy) is 5. The lowest BCUT2D eigenvalue weighted by Crippen LogP contribution is -2.25. The summed E-state index contributed by atoms with van der Waals surface area (Å²) in [7, 11) is 0. The second-order valence-corrected chi connectivity index (χ2v) is 37.5. The maximum atomic E-state index is 12.3. The fourth-order valence-electron chi connectivity index (χ4n) is 16.5. The number of carbonyl (C=O) groups is 5. The molecule has 5 aliphatic rings. The standard InChI is InChI=1S/5C19H27ClO2S.5FH/c5*1-2-3-4-5-6-14-7-9-15(10-8-14)19(21)22-16-11-12-18(23)17(20)13-16;;;;;/h5*11-15,23H,2-10H2,1H3;5*1H. The highest BCUT2D eigenvalue weighted by Gasteiger charge is 2.33. The van der Waals surface area contributed by atoms with Crippen molar-refractivity contribution in [3.05, 3.63) is 116 Å². The van der Waals surface area contributed by atoms with Gasteiger partial charge in [-0.3, -0.25) is 47.5 Å². The van der Waals surface area contributed by atoms with E-state index in [9.17, 15) is 24.0 Å². The third kappa shape index (κ3) is 44.6. The molecule has 0 saturated heterocycles. The van der Waals surface area contributed by atoms with Crippen LogP contribution in [0.5, 0.6) is 28.7 Å². The number of halogens is 10. The van der Waals surface area contributed by atoms with Gasteiger partial charge in [0, 0.05) is 54.8 Å². The van der Waals surface area contributed by atoms with Crippen LogP contribution in [0, 0.1) is 59.2 Å². The minimum atomic E-state index is -0.114. The highest BCUT2D eigenvalue weighted by atomic mass is 35.5. The molecule has 5 aromatic rings. The maximum absolute atomic E-state index is 12.3. The summed E-state index contributed by atoms with van der Waals surface area (Å²) in [5.74, 6) is 6.19. The summed E-state index contributed by atoms with van der Waals surface area (Å²) >= 11 is 51.1. The van der Waals surface area contributed by atoms with E-state index in [4.69, 9.17) is 81.7 Å². The van der Waals surface area contributed by atoms with Gasteiger partial charge in [-0.25, -0.2) is 0 Å². The van der Waals surface area contributed by atoms with Crippen molar-refractivity contribution in [1.29, 1.82) is 0 Å². The fraction of sp³-hybridized carbons (Fsp3) is 0.632. The molecule has 0 heterocycles. The Morgan fingerprint density at radius 3 is 0.508 bits per heavy atom. The van der Waals surface area contributed by atoms with Crippen LogP contribution in [0.15, 0.2) is 115 Å². The topological polar surface area (TPSA) is 132 Å². The lowest BCUT2D eigenvalue weighted by Gasteiger charge is -2.27. The van der Waals surface area contributed by atoms with Gasteiger partial charge in [-0.2, -0.15) is 0 Å². The van der Waals surface area contributed by atoms with Crippen molar-refractivity contribution in [3.63, 3.8) is 0 Å². The van der Waals surface area contributed by atoms with Gasteiger partial charge in [0.2, 0.25) is 0 Å². The molecule has 5 saturated carbocycles. The van der Waals surface area contributed by atoms with Crippen LogP contribution in [0.4, 0.5) is 23.5 Å². The van der Waals surface area contributed by atoms with E-state index in [1.54, 1.807) is 91.0 Å².